The number of fused-ring (bicyclic) bond motifs is 1. The van der Waals surface area contributed by atoms with Gasteiger partial charge in [-0.25, -0.2) is 4.79 Å². The molecule has 0 bridgehead atoms. The van der Waals surface area contributed by atoms with E-state index in [2.05, 4.69) is 4.98 Å². The topological polar surface area (TPSA) is 65.6 Å². The van der Waals surface area contributed by atoms with E-state index < -0.39 is 5.60 Å². The molecular weight excluding hydrogens is 294 g/mol. The largest absolute Gasteiger partial charge is 0.444 e. The second-order valence-electron chi connectivity index (χ2n) is 7.55. The Labute approximate surface area is 136 Å². The van der Waals surface area contributed by atoms with Crippen LogP contribution in [-0.2, 0) is 4.74 Å². The van der Waals surface area contributed by atoms with Gasteiger partial charge in [-0.05, 0) is 39.7 Å². The maximum Gasteiger partial charge on any atom is 0.410 e. The van der Waals surface area contributed by atoms with Gasteiger partial charge >= 0.3 is 6.09 Å². The van der Waals surface area contributed by atoms with Gasteiger partial charge in [0.2, 0.25) is 0 Å². The molecule has 23 heavy (non-hydrogen) atoms. The van der Waals surface area contributed by atoms with E-state index in [0.717, 1.165) is 24.1 Å². The third-order valence-electron chi connectivity index (χ3n) is 4.64. The van der Waals surface area contributed by atoms with Crippen molar-refractivity contribution < 1.29 is 14.3 Å². The van der Waals surface area contributed by atoms with Crippen LogP contribution in [0.15, 0.2) is 12.4 Å². The van der Waals surface area contributed by atoms with Crippen LogP contribution in [0.25, 0.3) is 0 Å². The van der Waals surface area contributed by atoms with Crippen molar-refractivity contribution in [2.75, 3.05) is 19.6 Å². The predicted molar refractivity (Wildman–Crippen MR) is 86.3 cm³/mol. The van der Waals surface area contributed by atoms with Gasteiger partial charge in [0.1, 0.15) is 5.60 Å². The van der Waals surface area contributed by atoms with Gasteiger partial charge in [0.05, 0.1) is 11.6 Å². The van der Waals surface area contributed by atoms with Gasteiger partial charge < -0.3 is 19.5 Å². The van der Waals surface area contributed by atoms with Gasteiger partial charge in [0, 0.05) is 37.9 Å². The van der Waals surface area contributed by atoms with Crippen molar-refractivity contribution in [3.8, 4) is 0 Å². The van der Waals surface area contributed by atoms with Crippen molar-refractivity contribution in [2.24, 2.45) is 5.92 Å². The Bertz CT molecular complexity index is 617. The molecule has 0 aliphatic carbocycles. The summed E-state index contributed by atoms with van der Waals surface area (Å²) in [7, 11) is 0. The van der Waals surface area contributed by atoms with Crippen LogP contribution >= 0.6 is 0 Å². The van der Waals surface area contributed by atoms with Crippen LogP contribution in [0.3, 0.4) is 0 Å². The number of carbonyl (C=O) groups excluding carboxylic acids is 2. The number of hydrogen-bond acceptors (Lipinski definition) is 3. The third-order valence-corrected chi connectivity index (χ3v) is 4.64. The van der Waals surface area contributed by atoms with Crippen molar-refractivity contribution in [2.45, 2.75) is 45.8 Å². The van der Waals surface area contributed by atoms with E-state index in [0.29, 0.717) is 19.0 Å². The number of nitrogens with one attached hydrogen (secondary N) is 1. The summed E-state index contributed by atoms with van der Waals surface area (Å²) in [6, 6.07) is 0.101. The molecule has 0 radical (unpaired) electrons. The van der Waals surface area contributed by atoms with Gasteiger partial charge in [-0.1, -0.05) is 0 Å². The lowest BCUT2D eigenvalue weighted by Crippen LogP contribution is -2.42. The fourth-order valence-electron chi connectivity index (χ4n) is 3.52. The van der Waals surface area contributed by atoms with E-state index in [1.165, 1.54) is 0 Å². The number of likely N-dealkylation sites (tertiary alicyclic amines) is 2. The van der Waals surface area contributed by atoms with Crippen molar-refractivity contribution >= 4 is 12.0 Å². The average molecular weight is 319 g/mol. The third kappa shape index (κ3) is 3.07. The Kier molecular flexibility index (Phi) is 3.86. The first-order chi connectivity index (χ1) is 10.8. The Morgan fingerprint density at radius 1 is 1.26 bits per heavy atom. The maximum absolute atomic E-state index is 12.7. The number of aromatic amines is 1. The molecule has 2 aliphatic heterocycles. The lowest BCUT2D eigenvalue weighted by atomic mass is 10.0. The van der Waals surface area contributed by atoms with Crippen LogP contribution in [0.4, 0.5) is 4.79 Å². The van der Waals surface area contributed by atoms with Crippen LogP contribution in [0.2, 0.25) is 0 Å². The second-order valence-corrected chi connectivity index (χ2v) is 7.55. The van der Waals surface area contributed by atoms with Crippen molar-refractivity contribution in [1.82, 2.24) is 14.8 Å². The average Bonchev–Trinajstić information content (AvgIpc) is 3.09. The first-order valence-electron chi connectivity index (χ1n) is 8.18. The van der Waals surface area contributed by atoms with Gasteiger partial charge in [-0.3, -0.25) is 4.79 Å². The molecule has 3 heterocycles. The number of amides is 2. The van der Waals surface area contributed by atoms with Gasteiger partial charge in [-0.15, -0.1) is 0 Å². The molecule has 0 unspecified atom stereocenters. The number of aryl methyl sites for hydroxylation is 1. The summed E-state index contributed by atoms with van der Waals surface area (Å²) in [6.07, 6.45) is 4.25. The normalized spacial score (nSPS) is 24.0. The summed E-state index contributed by atoms with van der Waals surface area (Å²) in [4.78, 5) is 31.6. The van der Waals surface area contributed by atoms with E-state index in [9.17, 15) is 9.59 Å². The summed E-state index contributed by atoms with van der Waals surface area (Å²) in [5.74, 6) is 0.410. The minimum absolute atomic E-state index is 0.0577. The highest BCUT2D eigenvalue weighted by molar-refractivity contribution is 5.96. The molecule has 2 atom stereocenters. The number of ether oxygens (including phenoxy) is 1. The second kappa shape index (κ2) is 5.58. The minimum Gasteiger partial charge on any atom is -0.444 e. The number of H-pyrrole nitrogens is 1. The highest BCUT2D eigenvalue weighted by atomic mass is 16.6. The standard InChI is InChI=1S/C17H25N3O3/c1-11-7-18-8-13(11)15(21)20-6-5-12-9-19(10-14(12)20)16(22)23-17(2,3)4/h7-8,12,14,18H,5-6,9-10H2,1-4H3/t12-,14+/m1/s1. The molecule has 0 saturated carbocycles. The Balaban J connectivity index is 1.69. The highest BCUT2D eigenvalue weighted by Crippen LogP contribution is 2.33. The van der Waals surface area contributed by atoms with Crippen molar-refractivity contribution in [3.63, 3.8) is 0 Å². The summed E-state index contributed by atoms with van der Waals surface area (Å²) in [5, 5.41) is 0. The molecule has 126 valence electrons. The molecular formula is C17H25N3O3. The Morgan fingerprint density at radius 2 is 2.00 bits per heavy atom. The quantitative estimate of drug-likeness (QED) is 0.864. The van der Waals surface area contributed by atoms with Crippen molar-refractivity contribution in [1.29, 1.82) is 0 Å². The fraction of sp³-hybridized carbons (Fsp3) is 0.647. The van der Waals surface area contributed by atoms with Gasteiger partial charge in [-0.2, -0.15) is 0 Å². The number of nitrogens with zero attached hydrogens (tertiary/aromatic N) is 2. The molecule has 3 rings (SSSR count). The molecule has 1 aromatic heterocycles. The maximum atomic E-state index is 12.7. The monoisotopic (exact) mass is 319 g/mol. The molecule has 2 amide bonds. The molecule has 0 aromatic carbocycles. The number of aromatic nitrogens is 1. The fourth-order valence-corrected chi connectivity index (χ4v) is 3.52. The van der Waals surface area contributed by atoms with Crippen molar-refractivity contribution in [3.05, 3.63) is 23.5 Å². The zero-order valence-electron chi connectivity index (χ0n) is 14.3. The van der Waals surface area contributed by atoms with E-state index in [1.54, 1.807) is 11.1 Å². The zero-order chi connectivity index (χ0) is 16.8. The zero-order valence-corrected chi connectivity index (χ0v) is 14.3. The van der Waals surface area contributed by atoms with Crippen LogP contribution in [-0.4, -0.2) is 58.1 Å². The van der Waals surface area contributed by atoms with Crippen LogP contribution in [0.1, 0.15) is 43.1 Å². The number of carbonyl (C=O) groups is 2. The van der Waals surface area contributed by atoms with E-state index in [1.807, 2.05) is 38.8 Å². The summed E-state index contributed by atoms with van der Waals surface area (Å²) in [5.41, 5.74) is 1.19. The SMILES string of the molecule is Cc1c[nH]cc1C(=O)N1CC[C@@H]2CN(C(=O)OC(C)(C)C)C[C@@H]21. The van der Waals surface area contributed by atoms with Crippen LogP contribution in [0, 0.1) is 12.8 Å². The lowest BCUT2D eigenvalue weighted by molar-refractivity contribution is 0.0269. The lowest BCUT2D eigenvalue weighted by Gasteiger charge is -2.27. The first-order valence-corrected chi connectivity index (χ1v) is 8.18. The van der Waals surface area contributed by atoms with E-state index in [4.69, 9.17) is 4.74 Å². The molecule has 2 saturated heterocycles. The molecule has 6 heteroatoms. The molecule has 2 aliphatic rings. The van der Waals surface area contributed by atoms with Crippen LogP contribution in [0.5, 0.6) is 0 Å². The minimum atomic E-state index is -0.494. The Hall–Kier alpha value is -1.98. The van der Waals surface area contributed by atoms with Crippen LogP contribution < -0.4 is 0 Å². The molecule has 1 N–H and O–H groups in total. The highest BCUT2D eigenvalue weighted by Gasteiger charge is 2.45. The summed E-state index contributed by atoms with van der Waals surface area (Å²) < 4.78 is 5.45. The first kappa shape index (κ1) is 15.9. The van der Waals surface area contributed by atoms with Gasteiger partial charge in [0.25, 0.3) is 5.91 Å². The predicted octanol–water partition coefficient (Wildman–Crippen LogP) is 2.40. The van der Waals surface area contributed by atoms with E-state index >= 15 is 0 Å². The molecule has 2 fully saturated rings. The number of rotatable bonds is 1. The smallest absolute Gasteiger partial charge is 0.410 e. The number of hydrogen-bond donors (Lipinski definition) is 1. The van der Waals surface area contributed by atoms with E-state index in [-0.39, 0.29) is 18.0 Å². The summed E-state index contributed by atoms with van der Waals surface area (Å²) in [6.45, 7) is 9.54. The molecule has 6 nitrogen and oxygen atoms in total. The molecule has 1 aromatic rings. The summed E-state index contributed by atoms with van der Waals surface area (Å²) >= 11 is 0. The van der Waals surface area contributed by atoms with Gasteiger partial charge in [0.15, 0.2) is 0 Å². The molecule has 0 spiro atoms. The Morgan fingerprint density at radius 3 is 2.61 bits per heavy atom.